The lowest BCUT2D eigenvalue weighted by atomic mass is 9.75. The molecular formula is C21H25N5OS. The van der Waals surface area contributed by atoms with Gasteiger partial charge in [-0.25, -0.2) is 14.6 Å². The lowest BCUT2D eigenvalue weighted by molar-refractivity contribution is 0.0910. The van der Waals surface area contributed by atoms with E-state index in [1.165, 1.54) is 6.33 Å². The first-order valence-electron chi connectivity index (χ1n) is 9.50. The lowest BCUT2D eigenvalue weighted by Gasteiger charge is -2.29. The second-order valence-electron chi connectivity index (χ2n) is 8.50. The Labute approximate surface area is 168 Å². The summed E-state index contributed by atoms with van der Waals surface area (Å²) in [5.41, 5.74) is 10.3. The summed E-state index contributed by atoms with van der Waals surface area (Å²) >= 11 is 1.73. The number of aryl methyl sites for hydroxylation is 1. The van der Waals surface area contributed by atoms with Crippen LogP contribution in [-0.2, 0) is 6.42 Å². The van der Waals surface area contributed by atoms with Gasteiger partial charge in [-0.05, 0) is 30.9 Å². The second kappa shape index (κ2) is 6.58. The summed E-state index contributed by atoms with van der Waals surface area (Å²) in [7, 11) is 0. The number of nitrogens with zero attached hydrogens (tertiary/aromatic N) is 4. The van der Waals surface area contributed by atoms with Gasteiger partial charge in [0.25, 0.3) is 0 Å². The minimum Gasteiger partial charge on any atom is -0.383 e. The van der Waals surface area contributed by atoms with Crippen molar-refractivity contribution < 1.29 is 4.79 Å². The molecule has 0 saturated carbocycles. The Morgan fingerprint density at radius 1 is 1.21 bits per heavy atom. The van der Waals surface area contributed by atoms with Gasteiger partial charge in [-0.3, -0.25) is 4.79 Å². The molecule has 2 aromatic heterocycles. The fourth-order valence-corrected chi connectivity index (χ4v) is 4.99. The van der Waals surface area contributed by atoms with Gasteiger partial charge in [0.05, 0.1) is 33.1 Å². The minimum absolute atomic E-state index is 0.0803. The summed E-state index contributed by atoms with van der Waals surface area (Å²) in [6.45, 7) is 10.5. The molecule has 0 amide bonds. The Morgan fingerprint density at radius 2 is 1.96 bits per heavy atom. The fourth-order valence-electron chi connectivity index (χ4n) is 3.97. The van der Waals surface area contributed by atoms with E-state index in [1.54, 1.807) is 11.8 Å². The number of Topliss-reactive ketones (excluding diaryl/α,β-unsaturated/α-hetero) is 1. The number of fused-ring (bicyclic) bond motifs is 2. The molecule has 2 N–H and O–H groups in total. The zero-order chi connectivity index (χ0) is 20.2. The number of aromatic nitrogens is 4. The third-order valence-corrected chi connectivity index (χ3v) is 6.18. The molecule has 0 atom stereocenters. The van der Waals surface area contributed by atoms with Crippen LogP contribution in [0.1, 0.15) is 55.9 Å². The van der Waals surface area contributed by atoms with E-state index in [-0.39, 0.29) is 11.2 Å². The van der Waals surface area contributed by atoms with Crippen molar-refractivity contribution in [2.75, 3.05) is 5.73 Å². The number of carbonyl (C=O) groups is 1. The molecule has 6 nitrogen and oxygen atoms in total. The standard InChI is InChI=1S/C21H25N5OS/c1-11(2)28-19-14(7-6-13-18(19)23-10-24-20(13)22)26-15-8-21(4,5)9-16(27)17(15)12(3)25-26/h6-7,10-11H,8-9H2,1-5H3,(H2,22,23,24). The van der Waals surface area contributed by atoms with Crippen molar-refractivity contribution in [2.45, 2.75) is 57.6 Å². The van der Waals surface area contributed by atoms with Crippen LogP contribution in [0.5, 0.6) is 0 Å². The van der Waals surface area contributed by atoms with Gasteiger partial charge in [-0.1, -0.05) is 27.7 Å². The smallest absolute Gasteiger partial charge is 0.167 e. The molecule has 146 valence electrons. The maximum atomic E-state index is 12.8. The van der Waals surface area contributed by atoms with E-state index in [1.807, 2.05) is 23.7 Å². The highest BCUT2D eigenvalue weighted by atomic mass is 32.2. The van der Waals surface area contributed by atoms with E-state index < -0.39 is 0 Å². The SMILES string of the molecule is Cc1nn(-c2ccc3c(N)ncnc3c2SC(C)C)c2c1C(=O)CC(C)(C)C2. The molecule has 3 aromatic rings. The monoisotopic (exact) mass is 395 g/mol. The Balaban J connectivity index is 2.01. The first-order valence-corrected chi connectivity index (χ1v) is 10.4. The number of benzene rings is 1. The average Bonchev–Trinajstić information content (AvgIpc) is 2.90. The Bertz CT molecular complexity index is 1100. The summed E-state index contributed by atoms with van der Waals surface area (Å²) in [5, 5.41) is 5.97. The van der Waals surface area contributed by atoms with Crippen molar-refractivity contribution in [1.29, 1.82) is 0 Å². The molecule has 0 spiro atoms. The number of hydrogen-bond acceptors (Lipinski definition) is 6. The molecular weight excluding hydrogens is 370 g/mol. The summed E-state index contributed by atoms with van der Waals surface area (Å²) in [4.78, 5) is 22.5. The van der Waals surface area contributed by atoms with Gasteiger partial charge in [0.15, 0.2) is 5.78 Å². The van der Waals surface area contributed by atoms with Crippen molar-refractivity contribution in [3.8, 4) is 5.69 Å². The van der Waals surface area contributed by atoms with Gasteiger partial charge >= 0.3 is 0 Å². The minimum atomic E-state index is -0.0803. The van der Waals surface area contributed by atoms with Crippen LogP contribution in [0.15, 0.2) is 23.4 Å². The predicted octanol–water partition coefficient (Wildman–Crippen LogP) is 4.36. The van der Waals surface area contributed by atoms with Crippen LogP contribution < -0.4 is 5.73 Å². The highest BCUT2D eigenvalue weighted by Crippen LogP contribution is 2.40. The zero-order valence-corrected chi connectivity index (χ0v) is 17.7. The van der Waals surface area contributed by atoms with E-state index >= 15 is 0 Å². The van der Waals surface area contributed by atoms with E-state index in [2.05, 4.69) is 37.7 Å². The molecule has 0 unspecified atom stereocenters. The molecule has 4 rings (SSSR count). The van der Waals surface area contributed by atoms with E-state index in [0.717, 1.165) is 44.9 Å². The number of hydrogen-bond donors (Lipinski definition) is 1. The number of thioether (sulfide) groups is 1. The molecule has 0 bridgehead atoms. The first kappa shape index (κ1) is 18.9. The molecule has 1 aliphatic carbocycles. The number of carbonyl (C=O) groups excluding carboxylic acids is 1. The van der Waals surface area contributed by atoms with Gasteiger partial charge in [-0.2, -0.15) is 5.10 Å². The Hall–Kier alpha value is -2.41. The number of ketones is 1. The largest absolute Gasteiger partial charge is 0.383 e. The summed E-state index contributed by atoms with van der Waals surface area (Å²) in [6.07, 6.45) is 2.87. The topological polar surface area (TPSA) is 86.7 Å². The van der Waals surface area contributed by atoms with Crippen LogP contribution in [0.25, 0.3) is 16.6 Å². The molecule has 0 fully saturated rings. The summed E-state index contributed by atoms with van der Waals surface area (Å²) in [5.74, 6) is 0.651. The highest BCUT2D eigenvalue weighted by Gasteiger charge is 2.36. The third-order valence-electron chi connectivity index (χ3n) is 5.07. The summed E-state index contributed by atoms with van der Waals surface area (Å²) in [6, 6.07) is 3.97. The maximum Gasteiger partial charge on any atom is 0.167 e. The average molecular weight is 396 g/mol. The van der Waals surface area contributed by atoms with Crippen LogP contribution in [-0.4, -0.2) is 30.8 Å². The lowest BCUT2D eigenvalue weighted by Crippen LogP contribution is -2.28. The number of nitrogens with two attached hydrogens (primary N) is 1. The number of rotatable bonds is 3. The van der Waals surface area contributed by atoms with E-state index in [0.29, 0.717) is 17.5 Å². The van der Waals surface area contributed by atoms with Crippen molar-refractivity contribution in [1.82, 2.24) is 19.7 Å². The summed E-state index contributed by atoms with van der Waals surface area (Å²) < 4.78 is 1.95. The van der Waals surface area contributed by atoms with Gasteiger partial charge < -0.3 is 5.73 Å². The highest BCUT2D eigenvalue weighted by molar-refractivity contribution is 8.00. The first-order chi connectivity index (χ1) is 13.2. The van der Waals surface area contributed by atoms with Crippen molar-refractivity contribution in [2.24, 2.45) is 5.41 Å². The molecule has 1 aromatic carbocycles. The van der Waals surface area contributed by atoms with E-state index in [9.17, 15) is 4.79 Å². The van der Waals surface area contributed by atoms with Crippen molar-refractivity contribution in [3.05, 3.63) is 35.4 Å². The normalized spacial score (nSPS) is 16.0. The van der Waals surface area contributed by atoms with Crippen molar-refractivity contribution in [3.63, 3.8) is 0 Å². The predicted molar refractivity (Wildman–Crippen MR) is 113 cm³/mol. The van der Waals surface area contributed by atoms with Crippen LogP contribution in [0.3, 0.4) is 0 Å². The fraction of sp³-hybridized carbons (Fsp3) is 0.429. The maximum absolute atomic E-state index is 12.8. The Kier molecular flexibility index (Phi) is 4.45. The van der Waals surface area contributed by atoms with E-state index in [4.69, 9.17) is 10.8 Å². The van der Waals surface area contributed by atoms with Gasteiger partial charge in [0.2, 0.25) is 0 Å². The van der Waals surface area contributed by atoms with Gasteiger partial charge in [0.1, 0.15) is 12.1 Å². The molecule has 7 heteroatoms. The van der Waals surface area contributed by atoms with Gasteiger partial charge in [-0.15, -0.1) is 11.8 Å². The molecule has 1 aliphatic rings. The van der Waals surface area contributed by atoms with Crippen LogP contribution in [0.2, 0.25) is 0 Å². The Morgan fingerprint density at radius 3 is 2.68 bits per heavy atom. The molecule has 2 heterocycles. The molecule has 0 aliphatic heterocycles. The van der Waals surface area contributed by atoms with Crippen molar-refractivity contribution >= 4 is 34.3 Å². The third kappa shape index (κ3) is 3.07. The molecule has 0 saturated heterocycles. The zero-order valence-electron chi connectivity index (χ0n) is 16.9. The molecule has 28 heavy (non-hydrogen) atoms. The second-order valence-corrected chi connectivity index (χ2v) is 10.1. The van der Waals surface area contributed by atoms with Crippen LogP contribution in [0, 0.1) is 12.3 Å². The molecule has 0 radical (unpaired) electrons. The van der Waals surface area contributed by atoms with Crippen LogP contribution in [0.4, 0.5) is 5.82 Å². The quantitative estimate of drug-likeness (QED) is 0.663. The van der Waals surface area contributed by atoms with Crippen LogP contribution >= 0.6 is 11.8 Å². The van der Waals surface area contributed by atoms with Gasteiger partial charge in [0, 0.05) is 17.1 Å². The number of nitrogen functional groups attached to an aromatic ring is 1. The number of anilines is 1.